The minimum Gasteiger partial charge on any atom is -0.423 e. The van der Waals surface area contributed by atoms with Crippen LogP contribution in [0.5, 0.6) is 0 Å². The monoisotopic (exact) mass is 291 g/mol. The van der Waals surface area contributed by atoms with Crippen molar-refractivity contribution in [2.45, 2.75) is 6.43 Å². The average Bonchev–Trinajstić information content (AvgIpc) is 2.47. The minimum atomic E-state index is -2.77. The summed E-state index contributed by atoms with van der Waals surface area (Å²) in [7, 11) is -1.77. The van der Waals surface area contributed by atoms with Crippen molar-refractivity contribution >= 4 is 24.2 Å². The van der Waals surface area contributed by atoms with E-state index in [9.17, 15) is 23.6 Å². The van der Waals surface area contributed by atoms with Crippen LogP contribution in [0.3, 0.4) is 0 Å². The molecule has 7 heteroatoms. The zero-order valence-corrected chi connectivity index (χ0v) is 10.8. The second kappa shape index (κ2) is 6.47. The molecule has 2 aromatic rings. The molecule has 3 N–H and O–H groups in total. The van der Waals surface area contributed by atoms with E-state index in [4.69, 9.17) is 0 Å². The maximum absolute atomic E-state index is 12.9. The first-order valence-corrected chi connectivity index (χ1v) is 6.14. The van der Waals surface area contributed by atoms with E-state index in [0.717, 1.165) is 0 Å². The molecule has 4 nitrogen and oxygen atoms in total. The lowest BCUT2D eigenvalue weighted by molar-refractivity contribution is 0.101. The second-order valence-electron chi connectivity index (χ2n) is 4.30. The van der Waals surface area contributed by atoms with E-state index in [1.54, 1.807) is 12.1 Å². The van der Waals surface area contributed by atoms with E-state index in [0.29, 0.717) is 0 Å². The number of anilines is 1. The number of carbonyl (C=O) groups is 1. The third-order valence-electron chi connectivity index (χ3n) is 2.93. The van der Waals surface area contributed by atoms with Gasteiger partial charge in [0.15, 0.2) is 0 Å². The van der Waals surface area contributed by atoms with Gasteiger partial charge < -0.3 is 15.4 Å². The number of halogens is 2. The van der Waals surface area contributed by atoms with E-state index >= 15 is 0 Å². The highest BCUT2D eigenvalue weighted by molar-refractivity contribution is 6.60. The minimum absolute atomic E-state index is 0.0837. The van der Waals surface area contributed by atoms with E-state index in [1.165, 1.54) is 36.4 Å². The van der Waals surface area contributed by atoms with Crippen LogP contribution in [0.15, 0.2) is 48.5 Å². The Kier molecular flexibility index (Phi) is 4.67. The molecule has 0 bridgehead atoms. The van der Waals surface area contributed by atoms with Crippen LogP contribution in [-0.2, 0) is 0 Å². The molecular formula is C14H12BF2NO3. The highest BCUT2D eigenvalue weighted by Crippen LogP contribution is 2.23. The molecule has 0 radical (unpaired) electrons. The van der Waals surface area contributed by atoms with Gasteiger partial charge in [0.2, 0.25) is 0 Å². The van der Waals surface area contributed by atoms with Gasteiger partial charge in [-0.05, 0) is 12.1 Å². The zero-order valence-electron chi connectivity index (χ0n) is 10.8. The van der Waals surface area contributed by atoms with Crippen molar-refractivity contribution in [3.05, 3.63) is 59.7 Å². The molecule has 0 fully saturated rings. The predicted molar refractivity (Wildman–Crippen MR) is 75.6 cm³/mol. The van der Waals surface area contributed by atoms with Crippen LogP contribution in [0.25, 0.3) is 0 Å². The molecule has 0 aliphatic heterocycles. The van der Waals surface area contributed by atoms with Crippen molar-refractivity contribution in [3.63, 3.8) is 0 Å². The van der Waals surface area contributed by atoms with Gasteiger partial charge in [-0.3, -0.25) is 4.79 Å². The Hall–Kier alpha value is -2.25. The van der Waals surface area contributed by atoms with Crippen LogP contribution >= 0.6 is 0 Å². The Labute approximate surface area is 120 Å². The number of hydrogen-bond acceptors (Lipinski definition) is 3. The fraction of sp³-hybridized carbons (Fsp3) is 0.0714. The lowest BCUT2D eigenvalue weighted by atomic mass is 9.79. The maximum atomic E-state index is 12.9. The summed E-state index contributed by atoms with van der Waals surface area (Å²) >= 11 is 0. The molecule has 0 saturated heterocycles. The summed E-state index contributed by atoms with van der Waals surface area (Å²) in [5.41, 5.74) is -0.297. The fourth-order valence-electron chi connectivity index (χ4n) is 1.92. The smallest absolute Gasteiger partial charge is 0.423 e. The summed E-state index contributed by atoms with van der Waals surface area (Å²) in [5.74, 6) is -0.737. The first-order chi connectivity index (χ1) is 10.0. The molecule has 0 aliphatic rings. The number of hydrogen-bond donors (Lipinski definition) is 3. The zero-order chi connectivity index (χ0) is 15.4. The highest BCUT2D eigenvalue weighted by atomic mass is 19.3. The number of alkyl halides is 2. The molecule has 0 atom stereocenters. The summed E-state index contributed by atoms with van der Waals surface area (Å²) in [6.07, 6.45) is -2.77. The maximum Gasteiger partial charge on any atom is 0.490 e. The van der Waals surface area contributed by atoms with E-state index in [2.05, 4.69) is 5.32 Å². The van der Waals surface area contributed by atoms with E-state index < -0.39 is 19.5 Å². The molecule has 2 rings (SSSR count). The van der Waals surface area contributed by atoms with Gasteiger partial charge in [-0.25, -0.2) is 8.78 Å². The Morgan fingerprint density at radius 3 is 2.33 bits per heavy atom. The summed E-state index contributed by atoms with van der Waals surface area (Å²) in [6.45, 7) is 0. The number of nitrogens with one attached hydrogen (secondary N) is 1. The van der Waals surface area contributed by atoms with Crippen molar-refractivity contribution in [2.24, 2.45) is 0 Å². The largest absolute Gasteiger partial charge is 0.490 e. The van der Waals surface area contributed by atoms with Crippen molar-refractivity contribution < 1.29 is 23.6 Å². The summed E-state index contributed by atoms with van der Waals surface area (Å²) < 4.78 is 25.7. The molecule has 0 heterocycles. The van der Waals surface area contributed by atoms with Crippen molar-refractivity contribution in [1.82, 2.24) is 0 Å². The fourth-order valence-corrected chi connectivity index (χ4v) is 1.92. The molecule has 0 unspecified atom stereocenters. The van der Waals surface area contributed by atoms with Crippen LogP contribution in [0.2, 0.25) is 0 Å². The second-order valence-corrected chi connectivity index (χ2v) is 4.30. The number of carbonyl (C=O) groups excluding carboxylic acids is 1. The van der Waals surface area contributed by atoms with Crippen LogP contribution < -0.4 is 10.8 Å². The molecular weight excluding hydrogens is 279 g/mol. The van der Waals surface area contributed by atoms with E-state index in [1.807, 2.05) is 0 Å². The van der Waals surface area contributed by atoms with Crippen LogP contribution in [0.1, 0.15) is 22.3 Å². The molecule has 2 aromatic carbocycles. The quantitative estimate of drug-likeness (QED) is 0.749. The van der Waals surface area contributed by atoms with Gasteiger partial charge in [-0.15, -0.1) is 0 Å². The lowest BCUT2D eigenvalue weighted by Gasteiger charge is -2.12. The van der Waals surface area contributed by atoms with Crippen molar-refractivity contribution in [2.75, 3.05) is 5.32 Å². The number of benzene rings is 2. The first kappa shape index (κ1) is 15.1. The average molecular weight is 291 g/mol. The standard InChI is InChI=1S/C14H12BF2NO3/c16-13(17)9-5-1-2-6-10(9)14(19)18-12-8-4-3-7-11(12)15(20)21/h1-8,13,20-21H,(H,18,19). The first-order valence-electron chi connectivity index (χ1n) is 6.14. The highest BCUT2D eigenvalue weighted by Gasteiger charge is 2.20. The van der Waals surface area contributed by atoms with Gasteiger partial charge in [0.1, 0.15) is 0 Å². The predicted octanol–water partition coefficient (Wildman–Crippen LogP) is 1.56. The SMILES string of the molecule is O=C(Nc1ccccc1B(O)O)c1ccccc1C(F)F. The van der Waals surface area contributed by atoms with Crippen molar-refractivity contribution in [1.29, 1.82) is 0 Å². The van der Waals surface area contributed by atoms with Gasteiger partial charge in [0.05, 0.1) is 0 Å². The van der Waals surface area contributed by atoms with Gasteiger partial charge >= 0.3 is 7.12 Å². The molecule has 0 saturated carbocycles. The molecule has 108 valence electrons. The normalized spacial score (nSPS) is 10.5. The number of amides is 1. The molecule has 21 heavy (non-hydrogen) atoms. The third kappa shape index (κ3) is 3.45. The van der Waals surface area contributed by atoms with Crippen LogP contribution in [0, 0.1) is 0 Å². The lowest BCUT2D eigenvalue weighted by Crippen LogP contribution is -2.33. The molecule has 1 amide bonds. The Morgan fingerprint density at radius 1 is 1.05 bits per heavy atom. The van der Waals surface area contributed by atoms with Crippen molar-refractivity contribution in [3.8, 4) is 0 Å². The molecule has 0 aromatic heterocycles. The Balaban J connectivity index is 2.31. The van der Waals surface area contributed by atoms with Crippen LogP contribution in [0.4, 0.5) is 14.5 Å². The van der Waals surface area contributed by atoms with Gasteiger partial charge in [0.25, 0.3) is 12.3 Å². The summed E-state index contributed by atoms with van der Waals surface area (Å²) in [5, 5.41) is 20.8. The van der Waals surface area contributed by atoms with Gasteiger partial charge in [-0.1, -0.05) is 36.4 Å². The number of para-hydroxylation sites is 1. The van der Waals surface area contributed by atoms with Gasteiger partial charge in [0, 0.05) is 22.3 Å². The summed E-state index contributed by atoms with van der Waals surface area (Å²) in [4.78, 5) is 12.1. The van der Waals surface area contributed by atoms with Gasteiger partial charge in [-0.2, -0.15) is 0 Å². The molecule has 0 aliphatic carbocycles. The third-order valence-corrected chi connectivity index (χ3v) is 2.93. The summed E-state index contributed by atoms with van der Waals surface area (Å²) in [6, 6.07) is 11.4. The van der Waals surface area contributed by atoms with Crippen LogP contribution in [-0.4, -0.2) is 23.1 Å². The Morgan fingerprint density at radius 2 is 1.67 bits per heavy atom. The van der Waals surface area contributed by atoms with E-state index in [-0.39, 0.29) is 22.3 Å². The topological polar surface area (TPSA) is 69.6 Å². The molecule has 0 spiro atoms. The number of rotatable bonds is 4. The Bertz CT molecular complexity index is 650.